The van der Waals surface area contributed by atoms with Crippen LogP contribution in [0.25, 0.3) is 0 Å². The van der Waals surface area contributed by atoms with Gasteiger partial charge in [-0.2, -0.15) is 0 Å². The van der Waals surface area contributed by atoms with Crippen molar-refractivity contribution in [3.63, 3.8) is 0 Å². The van der Waals surface area contributed by atoms with Gasteiger partial charge in [0.15, 0.2) is 25.2 Å². The molecule has 0 bridgehead atoms. The number of ether oxygens (including phenoxy) is 7. The van der Waals surface area contributed by atoms with Gasteiger partial charge in [0.1, 0.15) is 97.7 Å². The fourth-order valence-electron chi connectivity index (χ4n) is 5.44. The standard InChI is InChI=1S/C24H42O21/c25-1-5-9(28)11(30)16(35)23(41-5)44-19-7(3-27)43-22(18(37)14(19)33)39-4-8-20(13(32)15(34)21(38)40-8)45-24-17(36)12(31)10(29)6(2-26)42-24/h5-38H,1-4H2/t5-,6-,7-,8-,9+,10+,11+,12+,13-,14-,15-,16-,17-,18-,19-,20-,21-,22-,23+,24+/m1/s1. The Kier molecular flexibility index (Phi) is 12.8. The predicted octanol–water partition coefficient (Wildman–Crippen LogP) is -9.75. The van der Waals surface area contributed by atoms with E-state index in [2.05, 4.69) is 0 Å². The van der Waals surface area contributed by atoms with Crippen LogP contribution in [0, 0.1) is 0 Å². The molecule has 4 aliphatic heterocycles. The van der Waals surface area contributed by atoms with Crippen LogP contribution in [0.3, 0.4) is 0 Å². The van der Waals surface area contributed by atoms with Crippen LogP contribution in [0.1, 0.15) is 0 Å². The van der Waals surface area contributed by atoms with E-state index in [0.717, 1.165) is 0 Å². The van der Waals surface area contributed by atoms with Crippen molar-refractivity contribution in [3.05, 3.63) is 0 Å². The zero-order valence-corrected chi connectivity index (χ0v) is 23.5. The SMILES string of the molecule is OC[C@H]1O[C@@H](O[C@H]2[C@H](O)[C@@H](O)[C@H](O)O[C@@H]2CO[C@@H]2O[C@H](CO)[C@@H](O[C@@H]3O[C@H](CO)[C@H](O)[C@H](O)[C@H]3O)[C@H](O)[C@H]2O)[C@H](O)[C@@H](O)[C@H]1O. The predicted molar refractivity (Wildman–Crippen MR) is 134 cm³/mol. The molecule has 4 rings (SSSR count). The van der Waals surface area contributed by atoms with Crippen molar-refractivity contribution in [2.24, 2.45) is 0 Å². The van der Waals surface area contributed by atoms with Crippen molar-refractivity contribution >= 4 is 0 Å². The van der Waals surface area contributed by atoms with Gasteiger partial charge in [-0.05, 0) is 0 Å². The molecule has 0 saturated carbocycles. The van der Waals surface area contributed by atoms with Crippen LogP contribution in [-0.2, 0) is 33.2 Å². The van der Waals surface area contributed by atoms with E-state index in [1.54, 1.807) is 0 Å². The molecule has 4 aliphatic rings. The third kappa shape index (κ3) is 7.59. The van der Waals surface area contributed by atoms with Crippen molar-refractivity contribution < 1.29 is 105 Å². The molecule has 0 unspecified atom stereocenters. The lowest BCUT2D eigenvalue weighted by Crippen LogP contribution is -2.66. The van der Waals surface area contributed by atoms with Crippen molar-refractivity contribution in [1.82, 2.24) is 0 Å². The van der Waals surface area contributed by atoms with Crippen molar-refractivity contribution in [1.29, 1.82) is 0 Å². The first kappa shape index (κ1) is 37.0. The molecule has 4 fully saturated rings. The summed E-state index contributed by atoms with van der Waals surface area (Å²) in [7, 11) is 0. The summed E-state index contributed by atoms with van der Waals surface area (Å²) in [5.74, 6) is 0. The topological polar surface area (TPSA) is 348 Å². The van der Waals surface area contributed by atoms with E-state index in [4.69, 9.17) is 33.2 Å². The first-order chi connectivity index (χ1) is 21.2. The number of hydrogen-bond donors (Lipinski definition) is 14. The molecule has 0 radical (unpaired) electrons. The number of aliphatic hydroxyl groups is 14. The Labute approximate surface area is 254 Å². The van der Waals surface area contributed by atoms with Crippen molar-refractivity contribution in [3.8, 4) is 0 Å². The number of aliphatic hydroxyl groups excluding tert-OH is 14. The Bertz CT molecular complexity index is 912. The van der Waals surface area contributed by atoms with Gasteiger partial charge in [-0.15, -0.1) is 0 Å². The second-order valence-corrected chi connectivity index (χ2v) is 11.2. The minimum absolute atomic E-state index is 0.728. The quantitative estimate of drug-likeness (QED) is 0.103. The average Bonchev–Trinajstić information content (AvgIpc) is 3.03. The Morgan fingerprint density at radius 1 is 0.378 bits per heavy atom. The third-order valence-corrected chi connectivity index (χ3v) is 8.18. The Balaban J connectivity index is 1.43. The Morgan fingerprint density at radius 2 is 0.778 bits per heavy atom. The minimum atomic E-state index is -1.99. The van der Waals surface area contributed by atoms with Crippen LogP contribution in [0.5, 0.6) is 0 Å². The van der Waals surface area contributed by atoms with Gasteiger partial charge >= 0.3 is 0 Å². The van der Waals surface area contributed by atoms with Crippen LogP contribution in [0.2, 0.25) is 0 Å². The summed E-state index contributed by atoms with van der Waals surface area (Å²) in [5, 5.41) is 142. The molecule has 45 heavy (non-hydrogen) atoms. The largest absolute Gasteiger partial charge is 0.394 e. The summed E-state index contributed by atoms with van der Waals surface area (Å²) in [5.41, 5.74) is 0. The molecule has 0 aromatic carbocycles. The van der Waals surface area contributed by atoms with Crippen LogP contribution in [0.15, 0.2) is 0 Å². The van der Waals surface area contributed by atoms with E-state index >= 15 is 0 Å². The highest BCUT2D eigenvalue weighted by Gasteiger charge is 2.53. The van der Waals surface area contributed by atoms with Gasteiger partial charge in [0, 0.05) is 0 Å². The second-order valence-electron chi connectivity index (χ2n) is 11.2. The van der Waals surface area contributed by atoms with Crippen LogP contribution in [0.4, 0.5) is 0 Å². The lowest BCUT2D eigenvalue weighted by Gasteiger charge is -2.47. The van der Waals surface area contributed by atoms with E-state index < -0.39 is 149 Å². The minimum Gasteiger partial charge on any atom is -0.394 e. The average molecular weight is 667 g/mol. The molecule has 0 amide bonds. The van der Waals surface area contributed by atoms with E-state index in [9.17, 15) is 71.5 Å². The fourth-order valence-corrected chi connectivity index (χ4v) is 5.44. The summed E-state index contributed by atoms with van der Waals surface area (Å²) in [6.07, 6.45) is -35.0. The molecule has 14 N–H and O–H groups in total. The van der Waals surface area contributed by atoms with E-state index in [-0.39, 0.29) is 0 Å². The summed E-state index contributed by atoms with van der Waals surface area (Å²) in [4.78, 5) is 0. The van der Waals surface area contributed by atoms with Gasteiger partial charge in [0.2, 0.25) is 0 Å². The molecule has 0 aliphatic carbocycles. The highest BCUT2D eigenvalue weighted by Crippen LogP contribution is 2.32. The first-order valence-corrected chi connectivity index (χ1v) is 14.1. The summed E-state index contributed by atoms with van der Waals surface area (Å²) in [6, 6.07) is 0. The molecule has 21 nitrogen and oxygen atoms in total. The first-order valence-electron chi connectivity index (χ1n) is 14.1. The highest BCUT2D eigenvalue weighted by atomic mass is 16.8. The maximum Gasteiger partial charge on any atom is 0.187 e. The third-order valence-electron chi connectivity index (χ3n) is 8.18. The van der Waals surface area contributed by atoms with Crippen LogP contribution >= 0.6 is 0 Å². The molecule has 21 heteroatoms. The molecule has 0 spiro atoms. The molecule has 0 aromatic heterocycles. The van der Waals surface area contributed by atoms with Crippen LogP contribution < -0.4 is 0 Å². The van der Waals surface area contributed by atoms with Gasteiger partial charge in [0.25, 0.3) is 0 Å². The Hall–Kier alpha value is -0.840. The van der Waals surface area contributed by atoms with Crippen molar-refractivity contribution in [2.75, 3.05) is 26.4 Å². The molecular formula is C24H42O21. The van der Waals surface area contributed by atoms with Gasteiger partial charge in [-0.3, -0.25) is 0 Å². The zero-order chi connectivity index (χ0) is 33.3. The second kappa shape index (κ2) is 15.6. The Morgan fingerprint density at radius 3 is 1.24 bits per heavy atom. The van der Waals surface area contributed by atoms with Crippen molar-refractivity contribution in [2.45, 2.75) is 123 Å². The van der Waals surface area contributed by atoms with Gasteiger partial charge in [-0.25, -0.2) is 0 Å². The lowest BCUT2D eigenvalue weighted by molar-refractivity contribution is -0.372. The number of hydrogen-bond acceptors (Lipinski definition) is 21. The van der Waals surface area contributed by atoms with Gasteiger partial charge in [-0.1, -0.05) is 0 Å². The molecule has 0 aromatic rings. The molecular weight excluding hydrogens is 624 g/mol. The lowest BCUT2D eigenvalue weighted by atomic mass is 9.96. The fraction of sp³-hybridized carbons (Fsp3) is 1.00. The summed E-state index contributed by atoms with van der Waals surface area (Å²) in [6.45, 7) is -3.16. The van der Waals surface area contributed by atoms with Gasteiger partial charge in [0.05, 0.1) is 26.4 Å². The zero-order valence-electron chi connectivity index (χ0n) is 23.5. The molecule has 4 saturated heterocycles. The highest BCUT2D eigenvalue weighted by molar-refractivity contribution is 4.96. The molecule has 4 heterocycles. The summed E-state index contributed by atoms with van der Waals surface area (Å²) < 4.78 is 37.7. The molecule has 20 atom stereocenters. The normalized spacial score (nSPS) is 52.9. The maximum atomic E-state index is 10.8. The molecule has 264 valence electrons. The van der Waals surface area contributed by atoms with E-state index in [1.165, 1.54) is 0 Å². The van der Waals surface area contributed by atoms with E-state index in [1.807, 2.05) is 0 Å². The smallest absolute Gasteiger partial charge is 0.187 e. The van der Waals surface area contributed by atoms with Gasteiger partial charge < -0.3 is 105 Å². The number of rotatable bonds is 10. The monoisotopic (exact) mass is 666 g/mol. The maximum absolute atomic E-state index is 10.8. The van der Waals surface area contributed by atoms with Crippen LogP contribution in [-0.4, -0.2) is 221 Å². The summed E-state index contributed by atoms with van der Waals surface area (Å²) >= 11 is 0. The van der Waals surface area contributed by atoms with E-state index in [0.29, 0.717) is 0 Å².